The predicted octanol–water partition coefficient (Wildman–Crippen LogP) is 3.73. The summed E-state index contributed by atoms with van der Waals surface area (Å²) >= 11 is 1.28. The van der Waals surface area contributed by atoms with Crippen LogP contribution in [0, 0.1) is 11.6 Å². The fraction of sp³-hybridized carbons (Fsp3) is 0.250. The van der Waals surface area contributed by atoms with Gasteiger partial charge in [0.05, 0.1) is 17.4 Å². The van der Waals surface area contributed by atoms with Crippen LogP contribution < -0.4 is 5.56 Å². The highest BCUT2D eigenvalue weighted by Gasteiger charge is 2.14. The van der Waals surface area contributed by atoms with Crippen LogP contribution in [0.4, 0.5) is 8.78 Å². The average molecular weight is 403 g/mol. The molecule has 28 heavy (non-hydrogen) atoms. The number of aromatic amines is 1. The number of halogens is 2. The van der Waals surface area contributed by atoms with Crippen molar-refractivity contribution in [2.45, 2.75) is 24.8 Å². The number of carbonyl (C=O) groups excluding carboxylic acids is 1. The van der Waals surface area contributed by atoms with Gasteiger partial charge in [-0.3, -0.25) is 9.59 Å². The second-order valence-corrected chi connectivity index (χ2v) is 7.28. The summed E-state index contributed by atoms with van der Waals surface area (Å²) in [5.41, 5.74) is 0.344. The van der Waals surface area contributed by atoms with E-state index in [-0.39, 0.29) is 24.4 Å². The molecule has 0 spiro atoms. The van der Waals surface area contributed by atoms with Crippen molar-refractivity contribution in [1.29, 1.82) is 0 Å². The van der Waals surface area contributed by atoms with Gasteiger partial charge in [-0.05, 0) is 37.3 Å². The number of para-hydroxylation sites is 1. The molecule has 3 aromatic rings. The molecule has 8 heteroatoms. The molecule has 146 valence electrons. The maximum atomic E-state index is 13.2. The Kier molecular flexibility index (Phi) is 6.41. The molecule has 0 fully saturated rings. The molecule has 1 aromatic heterocycles. The summed E-state index contributed by atoms with van der Waals surface area (Å²) in [7, 11) is 0. The first-order valence-electron chi connectivity index (χ1n) is 8.81. The van der Waals surface area contributed by atoms with E-state index in [9.17, 15) is 18.4 Å². The van der Waals surface area contributed by atoms with Crippen LogP contribution in [0.1, 0.15) is 19.2 Å². The van der Waals surface area contributed by atoms with Crippen LogP contribution in [0.15, 0.2) is 52.2 Å². The Bertz CT molecular complexity index is 1060. The van der Waals surface area contributed by atoms with Crippen LogP contribution in [-0.4, -0.2) is 33.1 Å². The van der Waals surface area contributed by atoms with Crippen molar-refractivity contribution < 1.29 is 13.6 Å². The van der Waals surface area contributed by atoms with Gasteiger partial charge < -0.3 is 9.88 Å². The molecule has 0 aliphatic carbocycles. The van der Waals surface area contributed by atoms with Crippen molar-refractivity contribution in [3.05, 3.63) is 70.3 Å². The van der Waals surface area contributed by atoms with Crippen molar-refractivity contribution in [1.82, 2.24) is 14.9 Å². The maximum Gasteiger partial charge on any atom is 0.258 e. The number of hydrogen-bond donors (Lipinski definition) is 1. The van der Waals surface area contributed by atoms with Gasteiger partial charge in [-0.15, -0.1) is 11.8 Å². The monoisotopic (exact) mass is 403 g/mol. The number of rotatable bonds is 7. The molecule has 1 amide bonds. The Morgan fingerprint density at radius 3 is 2.71 bits per heavy atom. The molecule has 0 radical (unpaired) electrons. The molecule has 0 aliphatic heterocycles. The van der Waals surface area contributed by atoms with Gasteiger partial charge in [-0.25, -0.2) is 13.8 Å². The Morgan fingerprint density at radius 1 is 1.18 bits per heavy atom. The van der Waals surface area contributed by atoms with E-state index in [1.165, 1.54) is 17.8 Å². The summed E-state index contributed by atoms with van der Waals surface area (Å²) in [4.78, 5) is 34.0. The number of carbonyl (C=O) groups is 1. The molecule has 0 unspecified atom stereocenters. The van der Waals surface area contributed by atoms with Gasteiger partial charge in [0.2, 0.25) is 5.91 Å². The minimum absolute atomic E-state index is 0.103. The van der Waals surface area contributed by atoms with Crippen molar-refractivity contribution >= 4 is 28.6 Å². The van der Waals surface area contributed by atoms with Crippen molar-refractivity contribution in [3.63, 3.8) is 0 Å². The van der Waals surface area contributed by atoms with Gasteiger partial charge in [0.1, 0.15) is 5.82 Å². The van der Waals surface area contributed by atoms with Gasteiger partial charge in [0.15, 0.2) is 11.6 Å². The lowest BCUT2D eigenvalue weighted by Gasteiger charge is -2.20. The molecule has 0 bridgehead atoms. The van der Waals surface area contributed by atoms with Crippen molar-refractivity contribution in [3.8, 4) is 0 Å². The Labute approximate surface area is 164 Å². The zero-order valence-corrected chi connectivity index (χ0v) is 16.1. The number of amides is 1. The predicted molar refractivity (Wildman–Crippen MR) is 105 cm³/mol. The molecule has 5 nitrogen and oxygen atoms in total. The largest absolute Gasteiger partial charge is 0.335 e. The number of thioether (sulfide) groups is 1. The smallest absolute Gasteiger partial charge is 0.258 e. The summed E-state index contributed by atoms with van der Waals surface area (Å²) < 4.78 is 26.2. The van der Waals surface area contributed by atoms with Gasteiger partial charge in [-0.2, -0.15) is 0 Å². The summed E-state index contributed by atoms with van der Waals surface area (Å²) in [5, 5.41) is 0.503. The van der Waals surface area contributed by atoms with E-state index in [0.717, 1.165) is 12.1 Å². The maximum absolute atomic E-state index is 13.2. The quantitative estimate of drug-likeness (QED) is 0.611. The highest BCUT2D eigenvalue weighted by Crippen LogP contribution is 2.21. The number of nitrogens with one attached hydrogen (secondary N) is 1. The third-order valence-electron chi connectivity index (χ3n) is 4.21. The van der Waals surface area contributed by atoms with Crippen LogP contribution in [-0.2, 0) is 11.3 Å². The van der Waals surface area contributed by atoms with Crippen LogP contribution in [0.3, 0.4) is 0 Å². The summed E-state index contributed by atoms with van der Waals surface area (Å²) in [6, 6.07) is 10.7. The van der Waals surface area contributed by atoms with Crippen LogP contribution >= 0.6 is 11.8 Å². The third kappa shape index (κ3) is 4.75. The van der Waals surface area contributed by atoms with E-state index in [2.05, 4.69) is 9.97 Å². The van der Waals surface area contributed by atoms with Crippen LogP contribution in [0.2, 0.25) is 0 Å². The zero-order chi connectivity index (χ0) is 20.1. The lowest BCUT2D eigenvalue weighted by atomic mass is 10.2. The number of fused-ring (bicyclic) bond motifs is 1. The first kappa shape index (κ1) is 20.0. The van der Waals surface area contributed by atoms with E-state index in [1.807, 2.05) is 6.92 Å². The molecule has 1 N–H and O–H groups in total. The Balaban J connectivity index is 1.62. The minimum Gasteiger partial charge on any atom is -0.335 e. The number of benzene rings is 2. The number of H-pyrrole nitrogens is 1. The normalized spacial score (nSPS) is 11.0. The van der Waals surface area contributed by atoms with Crippen LogP contribution in [0.5, 0.6) is 0 Å². The molecular formula is C20H19F2N3O2S. The summed E-state index contributed by atoms with van der Waals surface area (Å²) in [6.07, 6.45) is 0.231. The first-order chi connectivity index (χ1) is 13.5. The standard InChI is InChI=1S/C20H19F2N3O2S/c1-2-25(12-18-23-17-6-4-3-5-14(17)20(27)24-18)19(26)9-10-28-13-7-8-15(21)16(22)11-13/h3-8,11H,2,9-10,12H2,1H3,(H,23,24,27). The summed E-state index contributed by atoms with van der Waals surface area (Å²) in [6.45, 7) is 2.51. The van der Waals surface area contributed by atoms with E-state index < -0.39 is 11.6 Å². The van der Waals surface area contributed by atoms with Gasteiger partial charge in [0.25, 0.3) is 5.56 Å². The second-order valence-electron chi connectivity index (χ2n) is 6.11. The molecule has 0 saturated heterocycles. The average Bonchev–Trinajstić information content (AvgIpc) is 2.69. The van der Waals surface area contributed by atoms with E-state index >= 15 is 0 Å². The number of nitrogens with zero attached hydrogens (tertiary/aromatic N) is 2. The zero-order valence-electron chi connectivity index (χ0n) is 15.2. The molecule has 1 heterocycles. The molecule has 0 atom stereocenters. The Hall–Kier alpha value is -2.74. The highest BCUT2D eigenvalue weighted by molar-refractivity contribution is 7.99. The fourth-order valence-electron chi connectivity index (χ4n) is 2.75. The number of hydrogen-bond acceptors (Lipinski definition) is 4. The molecular weight excluding hydrogens is 384 g/mol. The fourth-order valence-corrected chi connectivity index (χ4v) is 3.61. The highest BCUT2D eigenvalue weighted by atomic mass is 32.2. The molecule has 3 rings (SSSR count). The van der Waals surface area contributed by atoms with Crippen molar-refractivity contribution in [2.75, 3.05) is 12.3 Å². The molecule has 2 aromatic carbocycles. The van der Waals surface area contributed by atoms with Gasteiger partial charge >= 0.3 is 0 Å². The minimum atomic E-state index is -0.905. The Morgan fingerprint density at radius 2 is 1.96 bits per heavy atom. The van der Waals surface area contributed by atoms with E-state index in [0.29, 0.717) is 33.9 Å². The lowest BCUT2D eigenvalue weighted by molar-refractivity contribution is -0.131. The van der Waals surface area contributed by atoms with Gasteiger partial charge in [-0.1, -0.05) is 12.1 Å². The van der Waals surface area contributed by atoms with Gasteiger partial charge in [0, 0.05) is 23.6 Å². The third-order valence-corrected chi connectivity index (χ3v) is 5.21. The van der Waals surface area contributed by atoms with E-state index in [1.54, 1.807) is 29.2 Å². The lowest BCUT2D eigenvalue weighted by Crippen LogP contribution is -2.32. The number of aromatic nitrogens is 2. The van der Waals surface area contributed by atoms with E-state index in [4.69, 9.17) is 0 Å². The first-order valence-corrected chi connectivity index (χ1v) is 9.80. The second kappa shape index (κ2) is 8.97. The SMILES string of the molecule is CCN(Cc1nc2ccccc2c(=O)[nH]1)C(=O)CCSc1ccc(F)c(F)c1. The molecule has 0 aliphatic rings. The molecule has 0 saturated carbocycles. The summed E-state index contributed by atoms with van der Waals surface area (Å²) in [5.74, 6) is -1.05. The topological polar surface area (TPSA) is 66.1 Å². The van der Waals surface area contributed by atoms with Crippen molar-refractivity contribution in [2.24, 2.45) is 0 Å². The van der Waals surface area contributed by atoms with Crippen LogP contribution in [0.25, 0.3) is 10.9 Å².